The van der Waals surface area contributed by atoms with Crippen LogP contribution in [0.25, 0.3) is 21.3 Å². The van der Waals surface area contributed by atoms with Crippen LogP contribution in [0.2, 0.25) is 0 Å². The van der Waals surface area contributed by atoms with Crippen molar-refractivity contribution >= 4 is 60.3 Å². The number of ether oxygens (including phenoxy) is 1. The van der Waals surface area contributed by atoms with Crippen molar-refractivity contribution < 1.29 is 4.74 Å². The van der Waals surface area contributed by atoms with Gasteiger partial charge in [0, 0.05) is 12.6 Å². The van der Waals surface area contributed by atoms with E-state index in [1.54, 1.807) is 23.1 Å². The second kappa shape index (κ2) is 6.74. The number of halogens is 1. The Bertz CT molecular complexity index is 1010. The Hall–Kier alpha value is -1.57. The van der Waals surface area contributed by atoms with Gasteiger partial charge in [-0.3, -0.25) is 0 Å². The molecule has 0 spiro atoms. The molecule has 122 valence electrons. The quantitative estimate of drug-likeness (QED) is 0.331. The molecule has 0 N–H and O–H groups in total. The molecule has 0 radical (unpaired) electrons. The lowest BCUT2D eigenvalue weighted by Crippen LogP contribution is -1.98. The third-order valence-corrected chi connectivity index (χ3v) is 6.01. The topological polar surface area (TPSA) is 39.9 Å². The number of hydrogen-bond donors (Lipinski definition) is 0. The Balaban J connectivity index is 1.69. The van der Waals surface area contributed by atoms with Crippen molar-refractivity contribution in [3.05, 3.63) is 48.3 Å². The highest BCUT2D eigenvalue weighted by Gasteiger charge is 2.08. The number of hydrogen-bond acceptors (Lipinski definition) is 5. The van der Waals surface area contributed by atoms with Crippen LogP contribution >= 0.6 is 39.0 Å². The lowest BCUT2D eigenvalue weighted by Gasteiger charge is -2.06. The van der Waals surface area contributed by atoms with E-state index in [0.717, 1.165) is 33.2 Å². The van der Waals surface area contributed by atoms with Crippen molar-refractivity contribution in [2.75, 3.05) is 11.8 Å². The van der Waals surface area contributed by atoms with Gasteiger partial charge in [0.05, 0.1) is 27.6 Å². The summed E-state index contributed by atoms with van der Waals surface area (Å²) in [6, 6.07) is 12.4. The van der Waals surface area contributed by atoms with Crippen LogP contribution < -0.4 is 4.74 Å². The van der Waals surface area contributed by atoms with E-state index in [9.17, 15) is 0 Å². The standard InChI is InChI=1S/C17H14BrN3OS2/c1-23-17-20-14-4-2-11(6-16(14)24-17)8-21-10-19-13-5-3-12(22-9-18)7-15(13)21/h2-7,10H,8-9H2,1H3. The minimum Gasteiger partial charge on any atom is -0.482 e. The lowest BCUT2D eigenvalue weighted by molar-refractivity contribution is 0.398. The predicted octanol–water partition coefficient (Wildman–Crippen LogP) is 5.15. The van der Waals surface area contributed by atoms with Crippen LogP contribution in [0.4, 0.5) is 0 Å². The summed E-state index contributed by atoms with van der Waals surface area (Å²) in [5.74, 6) is 0.837. The van der Waals surface area contributed by atoms with E-state index in [4.69, 9.17) is 4.74 Å². The van der Waals surface area contributed by atoms with E-state index in [1.165, 1.54) is 10.3 Å². The highest BCUT2D eigenvalue weighted by Crippen LogP contribution is 2.29. The number of fused-ring (bicyclic) bond motifs is 2. The zero-order valence-electron chi connectivity index (χ0n) is 12.9. The normalized spacial score (nSPS) is 11.4. The van der Waals surface area contributed by atoms with Gasteiger partial charge in [-0.1, -0.05) is 17.8 Å². The lowest BCUT2D eigenvalue weighted by atomic mass is 10.2. The van der Waals surface area contributed by atoms with Crippen molar-refractivity contribution in [2.45, 2.75) is 10.9 Å². The highest BCUT2D eigenvalue weighted by molar-refractivity contribution is 9.09. The summed E-state index contributed by atoms with van der Waals surface area (Å²) >= 11 is 6.72. The number of thiazole rings is 1. The van der Waals surface area contributed by atoms with Crippen LogP contribution in [0.15, 0.2) is 47.1 Å². The van der Waals surface area contributed by atoms with Gasteiger partial charge in [-0.05, 0) is 52.0 Å². The number of nitrogens with zero attached hydrogens (tertiary/aromatic N) is 3. The molecule has 0 unspecified atom stereocenters. The average molecular weight is 420 g/mol. The molecule has 0 saturated carbocycles. The molecule has 2 aromatic heterocycles. The van der Waals surface area contributed by atoms with Crippen molar-refractivity contribution in [3.8, 4) is 5.75 Å². The molecule has 0 saturated heterocycles. The van der Waals surface area contributed by atoms with Gasteiger partial charge in [-0.25, -0.2) is 9.97 Å². The highest BCUT2D eigenvalue weighted by atomic mass is 79.9. The largest absolute Gasteiger partial charge is 0.482 e. The monoisotopic (exact) mass is 419 g/mol. The van der Waals surface area contributed by atoms with E-state index < -0.39 is 0 Å². The van der Waals surface area contributed by atoms with Crippen LogP contribution in [0.3, 0.4) is 0 Å². The molecule has 0 bridgehead atoms. The second-order valence-electron chi connectivity index (χ2n) is 5.26. The molecule has 4 nitrogen and oxygen atoms in total. The summed E-state index contributed by atoms with van der Waals surface area (Å²) in [7, 11) is 0. The Morgan fingerprint density at radius 1 is 1.21 bits per heavy atom. The molecule has 4 aromatic rings. The Morgan fingerprint density at radius 3 is 2.92 bits per heavy atom. The molecule has 0 aliphatic rings. The van der Waals surface area contributed by atoms with Gasteiger partial charge in [0.15, 0.2) is 4.34 Å². The Morgan fingerprint density at radius 2 is 2.08 bits per heavy atom. The number of rotatable bonds is 5. The van der Waals surface area contributed by atoms with Crippen LogP contribution in [0.1, 0.15) is 5.56 Å². The van der Waals surface area contributed by atoms with Crippen molar-refractivity contribution in [2.24, 2.45) is 0 Å². The van der Waals surface area contributed by atoms with Crippen molar-refractivity contribution in [1.82, 2.24) is 14.5 Å². The molecule has 2 heterocycles. The molecule has 0 aliphatic carbocycles. The van der Waals surface area contributed by atoms with Crippen LogP contribution in [0.5, 0.6) is 5.75 Å². The molecule has 4 rings (SSSR count). The SMILES string of the molecule is CSc1nc2ccc(Cn3cnc4ccc(OCBr)cc43)cc2s1. The van der Waals surface area contributed by atoms with Crippen LogP contribution in [-0.2, 0) is 6.54 Å². The molecule has 0 aliphatic heterocycles. The average Bonchev–Trinajstić information content (AvgIpc) is 3.19. The Kier molecular flexibility index (Phi) is 4.47. The zero-order valence-corrected chi connectivity index (χ0v) is 16.1. The first-order chi connectivity index (χ1) is 11.8. The number of benzene rings is 2. The maximum Gasteiger partial charge on any atom is 0.150 e. The fraction of sp³-hybridized carbons (Fsp3) is 0.176. The van der Waals surface area contributed by atoms with E-state index in [2.05, 4.69) is 54.9 Å². The predicted molar refractivity (Wildman–Crippen MR) is 105 cm³/mol. The summed E-state index contributed by atoms with van der Waals surface area (Å²) in [4.78, 5) is 9.07. The number of imidazole rings is 1. The molecule has 0 fully saturated rings. The summed E-state index contributed by atoms with van der Waals surface area (Å²) in [6.07, 6.45) is 3.94. The molecule has 2 aromatic carbocycles. The molecule has 7 heteroatoms. The summed E-state index contributed by atoms with van der Waals surface area (Å²) in [6.45, 7) is 0.775. The molecular weight excluding hydrogens is 406 g/mol. The first-order valence-electron chi connectivity index (χ1n) is 7.34. The third-order valence-electron chi connectivity index (χ3n) is 3.77. The fourth-order valence-corrected chi connectivity index (χ4v) is 4.46. The summed E-state index contributed by atoms with van der Waals surface area (Å²) < 4.78 is 10.0. The van der Waals surface area contributed by atoms with Crippen molar-refractivity contribution in [1.29, 1.82) is 0 Å². The fourth-order valence-electron chi connectivity index (χ4n) is 2.65. The van der Waals surface area contributed by atoms with E-state index >= 15 is 0 Å². The number of aromatic nitrogens is 3. The minimum atomic E-state index is 0.479. The van der Waals surface area contributed by atoms with Gasteiger partial charge in [-0.2, -0.15) is 0 Å². The maximum atomic E-state index is 5.53. The minimum absolute atomic E-state index is 0.479. The van der Waals surface area contributed by atoms with Gasteiger partial charge in [0.2, 0.25) is 0 Å². The van der Waals surface area contributed by atoms with E-state index in [1.807, 2.05) is 24.5 Å². The first-order valence-corrected chi connectivity index (χ1v) is 10.5. The summed E-state index contributed by atoms with van der Waals surface area (Å²) in [5.41, 5.74) is 4.83. The van der Waals surface area contributed by atoms with Gasteiger partial charge in [-0.15, -0.1) is 11.3 Å². The van der Waals surface area contributed by atoms with Crippen molar-refractivity contribution in [3.63, 3.8) is 0 Å². The molecular formula is C17H14BrN3OS2. The zero-order chi connectivity index (χ0) is 16.5. The Labute approximate surface area is 156 Å². The van der Waals surface area contributed by atoms with E-state index in [-0.39, 0.29) is 0 Å². The summed E-state index contributed by atoms with van der Waals surface area (Å²) in [5, 5.41) is 0. The molecule has 24 heavy (non-hydrogen) atoms. The second-order valence-corrected chi connectivity index (χ2v) is 7.80. The smallest absolute Gasteiger partial charge is 0.150 e. The van der Waals surface area contributed by atoms with E-state index in [0.29, 0.717) is 5.52 Å². The third kappa shape index (κ3) is 3.03. The molecule has 0 atom stereocenters. The van der Waals surface area contributed by atoms with Gasteiger partial charge in [0.25, 0.3) is 0 Å². The number of thioether (sulfide) groups is 1. The number of alkyl halides is 1. The molecule has 0 amide bonds. The van der Waals surface area contributed by atoms with Crippen LogP contribution in [0, 0.1) is 0 Å². The maximum absolute atomic E-state index is 5.53. The van der Waals surface area contributed by atoms with Gasteiger partial charge < -0.3 is 9.30 Å². The van der Waals surface area contributed by atoms with Crippen LogP contribution in [-0.4, -0.2) is 26.3 Å². The first kappa shape index (κ1) is 15.9. The van der Waals surface area contributed by atoms with Gasteiger partial charge >= 0.3 is 0 Å². The van der Waals surface area contributed by atoms with Gasteiger partial charge in [0.1, 0.15) is 11.3 Å².